The summed E-state index contributed by atoms with van der Waals surface area (Å²) < 4.78 is 2.92. The molecule has 0 aliphatic carbocycles. The fourth-order valence-electron chi connectivity index (χ4n) is 2.04. The average Bonchev–Trinajstić information content (AvgIpc) is 3.05. The van der Waals surface area contributed by atoms with Crippen LogP contribution in [0.25, 0.3) is 27.1 Å². The number of rotatable bonds is 1. The van der Waals surface area contributed by atoms with Gasteiger partial charge in [0.15, 0.2) is 5.65 Å². The van der Waals surface area contributed by atoms with Crippen LogP contribution in [-0.4, -0.2) is 19.8 Å². The standard InChI is InChI=1S/C13H8N4S/c1-2-4-9(5-3-1)12-13-14-8-11-10(6-7-18-11)17(13)16-15-12/h1-8H. The van der Waals surface area contributed by atoms with Crippen molar-refractivity contribution < 1.29 is 0 Å². The zero-order valence-corrected chi connectivity index (χ0v) is 10.1. The summed E-state index contributed by atoms with van der Waals surface area (Å²) in [5, 5.41) is 10.5. The summed E-state index contributed by atoms with van der Waals surface area (Å²) in [4.78, 5) is 4.47. The molecule has 0 saturated heterocycles. The van der Waals surface area contributed by atoms with E-state index in [2.05, 4.69) is 15.3 Å². The Kier molecular flexibility index (Phi) is 1.95. The highest BCUT2D eigenvalue weighted by Crippen LogP contribution is 2.25. The smallest absolute Gasteiger partial charge is 0.184 e. The highest BCUT2D eigenvalue weighted by Gasteiger charge is 2.11. The second-order valence-corrected chi connectivity index (χ2v) is 4.92. The Bertz CT molecular complexity index is 832. The molecule has 1 aromatic carbocycles. The second-order valence-electron chi connectivity index (χ2n) is 3.97. The van der Waals surface area contributed by atoms with Gasteiger partial charge in [-0.1, -0.05) is 35.5 Å². The number of benzene rings is 1. The minimum Gasteiger partial charge on any atom is -0.234 e. The predicted molar refractivity (Wildman–Crippen MR) is 71.6 cm³/mol. The molecule has 4 aromatic rings. The van der Waals surface area contributed by atoms with Crippen molar-refractivity contribution in [3.63, 3.8) is 0 Å². The lowest BCUT2D eigenvalue weighted by Gasteiger charge is -1.96. The number of hydrogen-bond acceptors (Lipinski definition) is 4. The summed E-state index contributed by atoms with van der Waals surface area (Å²) in [5.41, 5.74) is 3.71. The van der Waals surface area contributed by atoms with Crippen molar-refractivity contribution >= 4 is 27.2 Å². The van der Waals surface area contributed by atoms with E-state index in [1.165, 1.54) is 0 Å². The fraction of sp³-hybridized carbons (Fsp3) is 0. The van der Waals surface area contributed by atoms with Gasteiger partial charge in [-0.05, 0) is 11.4 Å². The molecule has 5 heteroatoms. The Labute approximate surface area is 107 Å². The van der Waals surface area contributed by atoms with Crippen LogP contribution >= 0.6 is 11.3 Å². The Balaban J connectivity index is 2.09. The van der Waals surface area contributed by atoms with Crippen LogP contribution in [0.3, 0.4) is 0 Å². The molecular formula is C13H8N4S. The highest BCUT2D eigenvalue weighted by atomic mass is 32.1. The predicted octanol–water partition coefficient (Wildman–Crippen LogP) is 3.01. The molecule has 3 heterocycles. The molecule has 86 valence electrons. The fourth-order valence-corrected chi connectivity index (χ4v) is 2.78. The van der Waals surface area contributed by atoms with Crippen LogP contribution in [0.4, 0.5) is 0 Å². The topological polar surface area (TPSA) is 43.1 Å². The molecule has 0 aliphatic heterocycles. The van der Waals surface area contributed by atoms with E-state index in [0.717, 1.165) is 27.1 Å². The van der Waals surface area contributed by atoms with Crippen LogP contribution in [-0.2, 0) is 0 Å². The second kappa shape index (κ2) is 3.61. The van der Waals surface area contributed by atoms with E-state index in [9.17, 15) is 0 Å². The van der Waals surface area contributed by atoms with Crippen LogP contribution in [0.5, 0.6) is 0 Å². The van der Waals surface area contributed by atoms with Crippen molar-refractivity contribution in [2.45, 2.75) is 0 Å². The molecule has 4 nitrogen and oxygen atoms in total. The molecule has 0 N–H and O–H groups in total. The summed E-state index contributed by atoms with van der Waals surface area (Å²) >= 11 is 1.66. The lowest BCUT2D eigenvalue weighted by atomic mass is 10.2. The van der Waals surface area contributed by atoms with E-state index in [4.69, 9.17) is 0 Å². The number of fused-ring (bicyclic) bond motifs is 3. The van der Waals surface area contributed by atoms with E-state index in [-0.39, 0.29) is 0 Å². The van der Waals surface area contributed by atoms with Crippen LogP contribution in [0.2, 0.25) is 0 Å². The molecule has 0 saturated carbocycles. The summed E-state index contributed by atoms with van der Waals surface area (Å²) in [6.07, 6.45) is 1.88. The first kappa shape index (κ1) is 9.73. The van der Waals surface area contributed by atoms with E-state index in [0.29, 0.717) is 0 Å². The minimum atomic E-state index is 0.798. The van der Waals surface area contributed by atoms with Gasteiger partial charge in [0, 0.05) is 11.8 Å². The molecule has 0 amide bonds. The monoisotopic (exact) mass is 252 g/mol. The van der Waals surface area contributed by atoms with Crippen molar-refractivity contribution in [2.75, 3.05) is 0 Å². The van der Waals surface area contributed by atoms with Crippen molar-refractivity contribution in [1.82, 2.24) is 19.8 Å². The van der Waals surface area contributed by atoms with Gasteiger partial charge < -0.3 is 0 Å². The largest absolute Gasteiger partial charge is 0.234 e. The van der Waals surface area contributed by atoms with E-state index in [1.807, 2.05) is 48.0 Å². The minimum absolute atomic E-state index is 0.798. The Morgan fingerprint density at radius 1 is 1.06 bits per heavy atom. The first-order chi connectivity index (χ1) is 8.93. The maximum atomic E-state index is 4.47. The Hall–Kier alpha value is -2.27. The number of aromatic nitrogens is 4. The lowest BCUT2D eigenvalue weighted by molar-refractivity contribution is 0.878. The third-order valence-electron chi connectivity index (χ3n) is 2.90. The number of nitrogens with zero attached hydrogens (tertiary/aromatic N) is 4. The third-order valence-corrected chi connectivity index (χ3v) is 3.74. The molecule has 0 bridgehead atoms. The molecule has 3 aromatic heterocycles. The summed E-state index contributed by atoms with van der Waals surface area (Å²) in [7, 11) is 0. The molecule has 0 atom stereocenters. The Morgan fingerprint density at radius 3 is 2.83 bits per heavy atom. The number of hydrogen-bond donors (Lipinski definition) is 0. The van der Waals surface area contributed by atoms with Crippen molar-refractivity contribution in [3.05, 3.63) is 48.0 Å². The van der Waals surface area contributed by atoms with Crippen LogP contribution in [0.15, 0.2) is 48.0 Å². The van der Waals surface area contributed by atoms with Gasteiger partial charge in [-0.3, -0.25) is 0 Å². The maximum absolute atomic E-state index is 4.47. The van der Waals surface area contributed by atoms with Gasteiger partial charge in [-0.2, -0.15) is 4.52 Å². The first-order valence-electron chi connectivity index (χ1n) is 5.56. The van der Waals surface area contributed by atoms with E-state index >= 15 is 0 Å². The van der Waals surface area contributed by atoms with Crippen molar-refractivity contribution in [1.29, 1.82) is 0 Å². The van der Waals surface area contributed by atoms with Crippen LogP contribution in [0, 0.1) is 0 Å². The van der Waals surface area contributed by atoms with Gasteiger partial charge in [0.2, 0.25) is 0 Å². The van der Waals surface area contributed by atoms with Gasteiger partial charge in [0.05, 0.1) is 10.2 Å². The van der Waals surface area contributed by atoms with Crippen molar-refractivity contribution in [3.8, 4) is 11.3 Å². The molecule has 0 unspecified atom stereocenters. The zero-order valence-electron chi connectivity index (χ0n) is 9.32. The third kappa shape index (κ3) is 1.28. The lowest BCUT2D eigenvalue weighted by Crippen LogP contribution is -1.90. The molecule has 0 radical (unpaired) electrons. The van der Waals surface area contributed by atoms with Gasteiger partial charge in [0.1, 0.15) is 5.69 Å². The SMILES string of the molecule is c1ccc(-c2nnn3c2ncc2sccc23)cc1. The number of thiophene rings is 1. The summed E-state index contributed by atoms with van der Waals surface area (Å²) in [6.45, 7) is 0. The van der Waals surface area contributed by atoms with Gasteiger partial charge in [-0.25, -0.2) is 4.98 Å². The van der Waals surface area contributed by atoms with Gasteiger partial charge in [-0.15, -0.1) is 16.4 Å². The molecule has 0 aliphatic rings. The Morgan fingerprint density at radius 2 is 1.94 bits per heavy atom. The highest BCUT2D eigenvalue weighted by molar-refractivity contribution is 7.17. The zero-order chi connectivity index (χ0) is 11.9. The van der Waals surface area contributed by atoms with Crippen LogP contribution in [0.1, 0.15) is 0 Å². The molecule has 0 spiro atoms. The molecule has 0 fully saturated rings. The summed E-state index contributed by atoms with van der Waals surface area (Å²) in [5.74, 6) is 0. The van der Waals surface area contributed by atoms with Crippen molar-refractivity contribution in [2.24, 2.45) is 0 Å². The van der Waals surface area contributed by atoms with E-state index < -0.39 is 0 Å². The van der Waals surface area contributed by atoms with E-state index in [1.54, 1.807) is 15.9 Å². The molecular weight excluding hydrogens is 244 g/mol. The normalized spacial score (nSPS) is 11.3. The molecule has 4 rings (SSSR count). The average molecular weight is 252 g/mol. The first-order valence-corrected chi connectivity index (χ1v) is 6.44. The maximum Gasteiger partial charge on any atom is 0.184 e. The molecule has 18 heavy (non-hydrogen) atoms. The van der Waals surface area contributed by atoms with Crippen LogP contribution < -0.4 is 0 Å². The summed E-state index contributed by atoms with van der Waals surface area (Å²) in [6, 6.07) is 12.0. The van der Waals surface area contributed by atoms with Gasteiger partial charge in [0.25, 0.3) is 0 Å². The quantitative estimate of drug-likeness (QED) is 0.523. The van der Waals surface area contributed by atoms with Gasteiger partial charge >= 0.3 is 0 Å².